The second-order valence-corrected chi connectivity index (χ2v) is 7.21. The van der Waals surface area contributed by atoms with E-state index in [9.17, 15) is 18.5 Å². The topological polar surface area (TPSA) is 77.3 Å². The van der Waals surface area contributed by atoms with Gasteiger partial charge in [0.15, 0.2) is 9.84 Å². The molecule has 0 N–H and O–H groups in total. The Labute approximate surface area is 117 Å². The first-order chi connectivity index (χ1) is 8.71. The lowest BCUT2D eigenvalue weighted by atomic mass is 10.1. The zero-order valence-corrected chi connectivity index (χ0v) is 12.6. The van der Waals surface area contributed by atoms with E-state index in [2.05, 4.69) is 0 Å². The zero-order chi connectivity index (χ0) is 14.8. The monoisotopic (exact) mass is 305 g/mol. The van der Waals surface area contributed by atoms with E-state index in [0.29, 0.717) is 11.1 Å². The van der Waals surface area contributed by atoms with Crippen LogP contribution in [0, 0.1) is 24.0 Å². The molecule has 0 amide bonds. The highest BCUT2D eigenvalue weighted by Crippen LogP contribution is 2.30. The van der Waals surface area contributed by atoms with Gasteiger partial charge in [-0.2, -0.15) is 0 Å². The Kier molecular flexibility index (Phi) is 4.92. The summed E-state index contributed by atoms with van der Waals surface area (Å²) in [6.07, 6.45) is 0.258. The third-order valence-corrected chi connectivity index (χ3v) is 5.58. The zero-order valence-electron chi connectivity index (χ0n) is 11.0. The minimum Gasteiger partial charge on any atom is -0.258 e. The summed E-state index contributed by atoms with van der Waals surface area (Å²) in [6, 6.07) is 2.67. The van der Waals surface area contributed by atoms with E-state index < -0.39 is 20.0 Å². The van der Waals surface area contributed by atoms with Gasteiger partial charge in [0, 0.05) is 11.9 Å². The molecule has 0 saturated carbocycles. The fourth-order valence-corrected chi connectivity index (χ4v) is 3.75. The molecule has 0 aromatic heterocycles. The average Bonchev–Trinajstić information content (AvgIpc) is 2.31. The number of rotatable bonds is 5. The summed E-state index contributed by atoms with van der Waals surface area (Å²) in [4.78, 5) is 10.1. The number of nitro benzene ring substituents is 1. The van der Waals surface area contributed by atoms with E-state index >= 15 is 0 Å². The summed E-state index contributed by atoms with van der Waals surface area (Å²) in [6.45, 7) is 4.95. The first-order valence-electron chi connectivity index (χ1n) is 5.77. The summed E-state index contributed by atoms with van der Waals surface area (Å²) in [5.41, 5.74) is 1.03. The summed E-state index contributed by atoms with van der Waals surface area (Å²) in [5.74, 6) is 0.193. The number of hydrogen-bond donors (Lipinski definition) is 0. The maximum absolute atomic E-state index is 12.3. The molecule has 0 fully saturated rings. The minimum atomic E-state index is -3.74. The molecule has 7 heteroatoms. The van der Waals surface area contributed by atoms with Crippen LogP contribution in [0.25, 0.3) is 0 Å². The SMILES string of the molecule is Cc1cc([N+](=O)[O-])c(S(=O)(=O)C(C)CCCl)cc1C. The Morgan fingerprint density at radius 3 is 2.32 bits per heavy atom. The number of benzene rings is 1. The number of nitrogens with zero attached hydrogens (tertiary/aromatic N) is 1. The summed E-state index contributed by atoms with van der Waals surface area (Å²) in [7, 11) is -3.74. The smallest absolute Gasteiger partial charge is 0.258 e. The molecular weight excluding hydrogens is 290 g/mol. The highest BCUT2D eigenvalue weighted by Gasteiger charge is 2.31. The Balaban J connectivity index is 3.49. The molecule has 1 atom stereocenters. The van der Waals surface area contributed by atoms with E-state index in [1.807, 2.05) is 0 Å². The van der Waals surface area contributed by atoms with Crippen molar-refractivity contribution in [3.05, 3.63) is 33.4 Å². The van der Waals surface area contributed by atoms with Crippen LogP contribution in [0.4, 0.5) is 5.69 Å². The lowest BCUT2D eigenvalue weighted by Crippen LogP contribution is -2.20. The molecule has 5 nitrogen and oxygen atoms in total. The Morgan fingerprint density at radius 1 is 1.32 bits per heavy atom. The molecule has 106 valence electrons. The summed E-state index contributed by atoms with van der Waals surface area (Å²) >= 11 is 5.55. The number of hydrogen-bond acceptors (Lipinski definition) is 4. The number of alkyl halides is 1. The van der Waals surface area contributed by atoms with Crippen molar-refractivity contribution in [3.8, 4) is 0 Å². The van der Waals surface area contributed by atoms with Gasteiger partial charge in [0.1, 0.15) is 4.90 Å². The molecule has 0 spiro atoms. The molecule has 0 radical (unpaired) electrons. The van der Waals surface area contributed by atoms with E-state index in [4.69, 9.17) is 11.6 Å². The van der Waals surface area contributed by atoms with Gasteiger partial charge in [-0.3, -0.25) is 10.1 Å². The normalized spacial score (nSPS) is 13.3. The van der Waals surface area contributed by atoms with Crippen LogP contribution >= 0.6 is 11.6 Å². The van der Waals surface area contributed by atoms with E-state index in [-0.39, 0.29) is 22.9 Å². The predicted molar refractivity (Wildman–Crippen MR) is 74.6 cm³/mol. The van der Waals surface area contributed by atoms with Gasteiger partial charge in [0.25, 0.3) is 5.69 Å². The van der Waals surface area contributed by atoms with Crippen molar-refractivity contribution < 1.29 is 13.3 Å². The molecule has 19 heavy (non-hydrogen) atoms. The fourth-order valence-electron chi connectivity index (χ4n) is 1.67. The Morgan fingerprint density at radius 2 is 1.84 bits per heavy atom. The minimum absolute atomic E-state index is 0.193. The fraction of sp³-hybridized carbons (Fsp3) is 0.500. The number of nitro groups is 1. The second-order valence-electron chi connectivity index (χ2n) is 4.49. The van der Waals surface area contributed by atoms with Crippen LogP contribution in [-0.4, -0.2) is 24.5 Å². The van der Waals surface area contributed by atoms with Crippen molar-refractivity contribution in [2.75, 3.05) is 5.88 Å². The second kappa shape index (κ2) is 5.88. The van der Waals surface area contributed by atoms with Crippen molar-refractivity contribution >= 4 is 27.1 Å². The Hall–Kier alpha value is -1.14. The maximum Gasteiger partial charge on any atom is 0.288 e. The standard InChI is InChI=1S/C12H16ClNO4S/c1-8-6-11(14(15)16)12(7-9(8)2)19(17,18)10(3)4-5-13/h6-7,10H,4-5H2,1-3H3. The molecular formula is C12H16ClNO4S. The summed E-state index contributed by atoms with van der Waals surface area (Å²) in [5, 5.41) is 10.3. The third kappa shape index (κ3) is 3.25. The maximum atomic E-state index is 12.3. The molecule has 0 saturated heterocycles. The molecule has 1 aromatic rings. The van der Waals surface area contributed by atoms with E-state index in [1.165, 1.54) is 19.1 Å². The van der Waals surface area contributed by atoms with Gasteiger partial charge in [-0.05, 0) is 44.4 Å². The lowest BCUT2D eigenvalue weighted by molar-refractivity contribution is -0.387. The molecule has 0 aliphatic carbocycles. The van der Waals surface area contributed by atoms with Crippen LogP contribution < -0.4 is 0 Å². The number of aryl methyl sites for hydroxylation is 2. The molecule has 1 aromatic carbocycles. The van der Waals surface area contributed by atoms with Gasteiger partial charge in [-0.25, -0.2) is 8.42 Å². The molecule has 1 unspecified atom stereocenters. The van der Waals surface area contributed by atoms with Gasteiger partial charge in [-0.15, -0.1) is 11.6 Å². The molecule has 0 aliphatic rings. The average molecular weight is 306 g/mol. The van der Waals surface area contributed by atoms with Crippen LogP contribution in [0.5, 0.6) is 0 Å². The summed E-state index contributed by atoms with van der Waals surface area (Å²) < 4.78 is 24.7. The van der Waals surface area contributed by atoms with E-state index in [0.717, 1.165) is 0 Å². The first-order valence-corrected chi connectivity index (χ1v) is 7.85. The lowest BCUT2D eigenvalue weighted by Gasteiger charge is -2.13. The van der Waals surface area contributed by atoms with Crippen LogP contribution in [0.3, 0.4) is 0 Å². The van der Waals surface area contributed by atoms with Crippen molar-refractivity contribution in [3.63, 3.8) is 0 Å². The van der Waals surface area contributed by atoms with Gasteiger partial charge < -0.3 is 0 Å². The quantitative estimate of drug-likeness (QED) is 0.476. The Bertz CT molecular complexity index is 598. The largest absolute Gasteiger partial charge is 0.288 e. The van der Waals surface area contributed by atoms with Crippen LogP contribution in [0.1, 0.15) is 24.5 Å². The van der Waals surface area contributed by atoms with Crippen LogP contribution in [0.15, 0.2) is 17.0 Å². The van der Waals surface area contributed by atoms with Gasteiger partial charge in [-0.1, -0.05) is 0 Å². The van der Waals surface area contributed by atoms with Crippen LogP contribution in [0.2, 0.25) is 0 Å². The van der Waals surface area contributed by atoms with Gasteiger partial charge in [0.05, 0.1) is 10.2 Å². The van der Waals surface area contributed by atoms with Crippen LogP contribution in [-0.2, 0) is 9.84 Å². The molecule has 0 bridgehead atoms. The van der Waals surface area contributed by atoms with Crippen molar-refractivity contribution in [1.82, 2.24) is 0 Å². The highest BCUT2D eigenvalue weighted by atomic mass is 35.5. The van der Waals surface area contributed by atoms with Crippen molar-refractivity contribution in [2.24, 2.45) is 0 Å². The third-order valence-electron chi connectivity index (χ3n) is 3.12. The van der Waals surface area contributed by atoms with E-state index in [1.54, 1.807) is 13.8 Å². The van der Waals surface area contributed by atoms with Crippen molar-refractivity contribution in [1.29, 1.82) is 0 Å². The predicted octanol–water partition coefficient (Wildman–Crippen LogP) is 3.00. The molecule has 0 aliphatic heterocycles. The molecule has 0 heterocycles. The van der Waals surface area contributed by atoms with Gasteiger partial charge >= 0.3 is 0 Å². The number of halogens is 1. The highest BCUT2D eigenvalue weighted by molar-refractivity contribution is 7.92. The van der Waals surface area contributed by atoms with Gasteiger partial charge in [0.2, 0.25) is 0 Å². The van der Waals surface area contributed by atoms with Crippen molar-refractivity contribution in [2.45, 2.75) is 37.3 Å². The number of sulfone groups is 1. The first kappa shape index (κ1) is 15.9. The molecule has 1 rings (SSSR count).